The molecule has 5 rings (SSSR count). The first-order valence-electron chi connectivity index (χ1n) is 6.05. The van der Waals surface area contributed by atoms with Gasteiger partial charge < -0.3 is 4.74 Å². The van der Waals surface area contributed by atoms with Gasteiger partial charge in [-0.1, -0.05) is 24.3 Å². The Hall–Kier alpha value is -1.97. The molecule has 0 radical (unpaired) electrons. The van der Waals surface area contributed by atoms with Crippen LogP contribution in [0.2, 0.25) is 0 Å². The van der Waals surface area contributed by atoms with Crippen molar-refractivity contribution < 1.29 is 19.1 Å². The molecule has 18 heavy (non-hydrogen) atoms. The molecule has 1 aromatic rings. The van der Waals surface area contributed by atoms with Crippen LogP contribution in [-0.2, 0) is 19.1 Å². The van der Waals surface area contributed by atoms with E-state index in [4.69, 9.17) is 4.74 Å². The first kappa shape index (κ1) is 10.00. The third-order valence-electron chi connectivity index (χ3n) is 4.42. The summed E-state index contributed by atoms with van der Waals surface area (Å²) in [5.74, 6) is -2.61. The highest BCUT2D eigenvalue weighted by atomic mass is 16.6. The Morgan fingerprint density at radius 1 is 0.944 bits per heavy atom. The lowest BCUT2D eigenvalue weighted by Crippen LogP contribution is -2.44. The second kappa shape index (κ2) is 3.07. The van der Waals surface area contributed by atoms with Gasteiger partial charge in [0.1, 0.15) is 5.78 Å². The Kier molecular flexibility index (Phi) is 1.71. The minimum absolute atomic E-state index is 0.0617. The van der Waals surface area contributed by atoms with Crippen LogP contribution in [0.4, 0.5) is 0 Å². The summed E-state index contributed by atoms with van der Waals surface area (Å²) in [6.07, 6.45) is 0.352. The van der Waals surface area contributed by atoms with E-state index in [-0.39, 0.29) is 11.7 Å². The quantitative estimate of drug-likeness (QED) is 0.506. The van der Waals surface area contributed by atoms with Crippen molar-refractivity contribution in [1.82, 2.24) is 0 Å². The van der Waals surface area contributed by atoms with Gasteiger partial charge in [-0.05, 0) is 11.1 Å². The summed E-state index contributed by atoms with van der Waals surface area (Å²) in [7, 11) is 0. The molecule has 0 N–H and O–H groups in total. The second-order valence-electron chi connectivity index (χ2n) is 5.18. The van der Waals surface area contributed by atoms with Gasteiger partial charge in [-0.2, -0.15) is 0 Å². The Balaban J connectivity index is 1.98. The van der Waals surface area contributed by atoms with Gasteiger partial charge in [0.05, 0.1) is 17.8 Å². The van der Waals surface area contributed by atoms with Crippen LogP contribution in [0, 0.1) is 11.8 Å². The van der Waals surface area contributed by atoms with Gasteiger partial charge in [0.15, 0.2) is 0 Å². The van der Waals surface area contributed by atoms with Crippen LogP contribution in [0.1, 0.15) is 29.4 Å². The van der Waals surface area contributed by atoms with Gasteiger partial charge in [0, 0.05) is 12.3 Å². The minimum atomic E-state index is -0.585. The lowest BCUT2D eigenvalue weighted by Gasteiger charge is -2.42. The number of carbonyl (C=O) groups is 3. The zero-order chi connectivity index (χ0) is 12.4. The van der Waals surface area contributed by atoms with Gasteiger partial charge in [0.25, 0.3) is 0 Å². The zero-order valence-electron chi connectivity index (χ0n) is 9.46. The largest absolute Gasteiger partial charge is 0.393 e. The molecule has 2 bridgehead atoms. The summed E-state index contributed by atoms with van der Waals surface area (Å²) in [4.78, 5) is 35.6. The summed E-state index contributed by atoms with van der Waals surface area (Å²) in [6, 6.07) is 7.60. The van der Waals surface area contributed by atoms with Crippen LogP contribution >= 0.6 is 0 Å². The number of hydrogen-bond acceptors (Lipinski definition) is 4. The van der Waals surface area contributed by atoms with E-state index in [9.17, 15) is 14.4 Å². The monoisotopic (exact) mass is 242 g/mol. The lowest BCUT2D eigenvalue weighted by atomic mass is 9.56. The van der Waals surface area contributed by atoms with E-state index in [1.165, 1.54) is 0 Å². The highest BCUT2D eigenvalue weighted by molar-refractivity contribution is 6.05. The van der Waals surface area contributed by atoms with E-state index >= 15 is 0 Å². The highest BCUT2D eigenvalue weighted by Gasteiger charge is 2.61. The summed E-state index contributed by atoms with van der Waals surface area (Å²) in [5.41, 5.74) is 1.95. The Bertz CT molecular complexity index is 604. The molecule has 1 aliphatic heterocycles. The van der Waals surface area contributed by atoms with Crippen LogP contribution in [-0.4, -0.2) is 17.7 Å². The maximum atomic E-state index is 12.1. The molecule has 1 aromatic carbocycles. The second-order valence-corrected chi connectivity index (χ2v) is 5.18. The fraction of sp³-hybridized carbons (Fsp3) is 0.357. The molecule has 0 amide bonds. The maximum Gasteiger partial charge on any atom is 0.318 e. The smallest absolute Gasteiger partial charge is 0.318 e. The van der Waals surface area contributed by atoms with Crippen molar-refractivity contribution in [2.75, 3.05) is 0 Å². The number of Topliss-reactive ketones (excluding diaryl/α,β-unsaturated/α-hetero) is 1. The summed E-state index contributed by atoms with van der Waals surface area (Å²) >= 11 is 0. The van der Waals surface area contributed by atoms with E-state index in [2.05, 4.69) is 0 Å². The average molecular weight is 242 g/mol. The van der Waals surface area contributed by atoms with Crippen LogP contribution < -0.4 is 0 Å². The number of benzene rings is 1. The number of carbonyl (C=O) groups excluding carboxylic acids is 3. The molecular weight excluding hydrogens is 232 g/mol. The number of ether oxygens (including phenoxy) is 1. The van der Waals surface area contributed by atoms with Crippen LogP contribution in [0.3, 0.4) is 0 Å². The molecule has 0 spiro atoms. The topological polar surface area (TPSA) is 60.4 Å². The molecule has 90 valence electrons. The van der Waals surface area contributed by atoms with Gasteiger partial charge in [-0.25, -0.2) is 0 Å². The molecular formula is C14H10O4. The lowest BCUT2D eigenvalue weighted by molar-refractivity contribution is -0.154. The van der Waals surface area contributed by atoms with Crippen LogP contribution in [0.15, 0.2) is 24.3 Å². The predicted molar refractivity (Wildman–Crippen MR) is 59.6 cm³/mol. The normalized spacial score (nSPS) is 36.3. The molecule has 1 saturated heterocycles. The molecule has 1 heterocycles. The maximum absolute atomic E-state index is 12.1. The SMILES string of the molecule is O=C1OC(=O)[C@H]2[C@H]1[C@@H]1CC(=O)[C@@H]2c2ccccc21. The van der Waals surface area contributed by atoms with Crippen molar-refractivity contribution in [3.8, 4) is 0 Å². The molecule has 3 aliphatic carbocycles. The van der Waals surface area contributed by atoms with Crippen molar-refractivity contribution in [3.63, 3.8) is 0 Å². The Morgan fingerprint density at radius 2 is 1.61 bits per heavy atom. The first-order chi connectivity index (χ1) is 8.68. The third kappa shape index (κ3) is 0.991. The fourth-order valence-electron chi connectivity index (χ4n) is 3.76. The molecule has 0 unspecified atom stereocenters. The van der Waals surface area contributed by atoms with Crippen LogP contribution in [0.25, 0.3) is 0 Å². The molecule has 2 fully saturated rings. The number of rotatable bonds is 0. The van der Waals surface area contributed by atoms with Crippen molar-refractivity contribution in [1.29, 1.82) is 0 Å². The molecule has 4 atom stereocenters. The summed E-state index contributed by atoms with van der Waals surface area (Å²) in [5, 5.41) is 0. The van der Waals surface area contributed by atoms with Crippen molar-refractivity contribution in [3.05, 3.63) is 35.4 Å². The van der Waals surface area contributed by atoms with E-state index < -0.39 is 29.7 Å². The highest BCUT2D eigenvalue weighted by Crippen LogP contribution is 2.56. The third-order valence-corrected chi connectivity index (χ3v) is 4.42. The summed E-state index contributed by atoms with van der Waals surface area (Å²) in [6.45, 7) is 0. The van der Waals surface area contributed by atoms with Gasteiger partial charge in [-0.15, -0.1) is 0 Å². The number of esters is 2. The number of ketones is 1. The van der Waals surface area contributed by atoms with Crippen molar-refractivity contribution >= 4 is 17.7 Å². The first-order valence-corrected chi connectivity index (χ1v) is 6.05. The zero-order valence-corrected chi connectivity index (χ0v) is 9.46. The van der Waals surface area contributed by atoms with E-state index in [0.29, 0.717) is 6.42 Å². The van der Waals surface area contributed by atoms with Gasteiger partial charge in [0.2, 0.25) is 0 Å². The predicted octanol–water partition coefficient (Wildman–Crippen LogP) is 1.16. The Labute approximate surface area is 103 Å². The van der Waals surface area contributed by atoms with Gasteiger partial charge >= 0.3 is 11.9 Å². The van der Waals surface area contributed by atoms with E-state index in [1.807, 2.05) is 24.3 Å². The standard InChI is InChI=1S/C14H10O4/c15-9-5-8-6-3-1-2-4-7(6)10(9)12-11(8)13(16)18-14(12)17/h1-4,8,10-12H,5H2/t8-,10+,11-,12-/m1/s1. The Morgan fingerprint density at radius 3 is 2.39 bits per heavy atom. The number of cyclic esters (lactones) is 2. The molecule has 4 nitrogen and oxygen atoms in total. The molecule has 0 aromatic heterocycles. The molecule has 4 aliphatic rings. The number of fused-ring (bicyclic) bond motifs is 1. The van der Waals surface area contributed by atoms with E-state index in [1.54, 1.807) is 0 Å². The average Bonchev–Trinajstić information content (AvgIpc) is 2.66. The van der Waals surface area contributed by atoms with Gasteiger partial charge in [-0.3, -0.25) is 14.4 Å². The van der Waals surface area contributed by atoms with Crippen molar-refractivity contribution in [2.24, 2.45) is 11.8 Å². The number of hydrogen-bond donors (Lipinski definition) is 0. The molecule has 1 saturated carbocycles. The molecule has 4 heteroatoms. The van der Waals surface area contributed by atoms with Crippen molar-refractivity contribution in [2.45, 2.75) is 18.3 Å². The minimum Gasteiger partial charge on any atom is -0.393 e. The fourth-order valence-corrected chi connectivity index (χ4v) is 3.76. The summed E-state index contributed by atoms with van der Waals surface area (Å²) < 4.78 is 4.74. The van der Waals surface area contributed by atoms with Crippen LogP contribution in [0.5, 0.6) is 0 Å². The van der Waals surface area contributed by atoms with E-state index in [0.717, 1.165) is 11.1 Å².